The molecule has 0 bridgehead atoms. The standard InChI is InChI=1S/C12H11BrClN/c1-3-8-4-5-10-9(6-8)11(13)12(14)7(2)15-10/h4-6H,3H2,1-2H3. The lowest BCUT2D eigenvalue weighted by atomic mass is 10.1. The molecular weight excluding hydrogens is 273 g/mol. The third kappa shape index (κ3) is 1.88. The minimum atomic E-state index is 0.704. The number of hydrogen-bond acceptors (Lipinski definition) is 1. The van der Waals surface area contributed by atoms with Crippen LogP contribution in [0.15, 0.2) is 22.7 Å². The second kappa shape index (κ2) is 4.11. The molecular formula is C12H11BrClN. The van der Waals surface area contributed by atoms with Crippen LogP contribution in [0.3, 0.4) is 0 Å². The molecule has 0 radical (unpaired) electrons. The topological polar surface area (TPSA) is 12.9 Å². The average molecular weight is 285 g/mol. The molecule has 1 aromatic carbocycles. The van der Waals surface area contributed by atoms with Gasteiger partial charge in [0.1, 0.15) is 0 Å². The predicted octanol–water partition coefficient (Wildman–Crippen LogP) is 4.52. The SMILES string of the molecule is CCc1ccc2nc(C)c(Cl)c(Br)c2c1. The van der Waals surface area contributed by atoms with Gasteiger partial charge in [0.2, 0.25) is 0 Å². The van der Waals surface area contributed by atoms with Gasteiger partial charge in [0, 0.05) is 9.86 Å². The van der Waals surface area contributed by atoms with Crippen LogP contribution in [-0.4, -0.2) is 4.98 Å². The van der Waals surface area contributed by atoms with E-state index in [-0.39, 0.29) is 0 Å². The molecule has 0 spiro atoms. The summed E-state index contributed by atoms with van der Waals surface area (Å²) >= 11 is 9.67. The molecule has 78 valence electrons. The third-order valence-corrected chi connectivity index (χ3v) is 4.02. The molecule has 0 N–H and O–H groups in total. The Hall–Kier alpha value is -0.600. The van der Waals surface area contributed by atoms with Crippen molar-refractivity contribution < 1.29 is 0 Å². The molecule has 0 atom stereocenters. The molecule has 1 aromatic heterocycles. The Bertz CT molecular complexity index is 523. The number of aromatic nitrogens is 1. The van der Waals surface area contributed by atoms with Gasteiger partial charge in [-0.05, 0) is 47.0 Å². The molecule has 1 nitrogen and oxygen atoms in total. The van der Waals surface area contributed by atoms with E-state index < -0.39 is 0 Å². The molecule has 0 aliphatic heterocycles. The summed E-state index contributed by atoms with van der Waals surface area (Å²) in [7, 11) is 0. The van der Waals surface area contributed by atoms with Crippen molar-refractivity contribution in [3.05, 3.63) is 39.0 Å². The lowest BCUT2D eigenvalue weighted by Gasteiger charge is -2.07. The summed E-state index contributed by atoms with van der Waals surface area (Å²) in [5.41, 5.74) is 3.14. The number of rotatable bonds is 1. The third-order valence-electron chi connectivity index (χ3n) is 2.50. The summed E-state index contributed by atoms with van der Waals surface area (Å²) in [6, 6.07) is 6.29. The Morgan fingerprint density at radius 2 is 2.13 bits per heavy atom. The van der Waals surface area contributed by atoms with Crippen molar-refractivity contribution in [2.45, 2.75) is 20.3 Å². The van der Waals surface area contributed by atoms with Crippen LogP contribution in [0.25, 0.3) is 10.9 Å². The van der Waals surface area contributed by atoms with E-state index in [0.717, 1.165) is 27.5 Å². The first kappa shape index (κ1) is 10.9. The highest BCUT2D eigenvalue weighted by molar-refractivity contribution is 9.10. The van der Waals surface area contributed by atoms with Gasteiger partial charge < -0.3 is 0 Å². The maximum atomic E-state index is 6.14. The molecule has 2 rings (SSSR count). The zero-order chi connectivity index (χ0) is 11.0. The summed E-state index contributed by atoms with van der Waals surface area (Å²) in [6.07, 6.45) is 1.02. The van der Waals surface area contributed by atoms with Crippen LogP contribution in [0, 0.1) is 6.92 Å². The quantitative estimate of drug-likeness (QED) is 0.750. The number of fused-ring (bicyclic) bond motifs is 1. The molecule has 2 aromatic rings. The van der Waals surface area contributed by atoms with E-state index >= 15 is 0 Å². The van der Waals surface area contributed by atoms with E-state index in [1.165, 1.54) is 5.56 Å². The van der Waals surface area contributed by atoms with Gasteiger partial charge in [-0.15, -0.1) is 0 Å². The Morgan fingerprint density at radius 1 is 1.40 bits per heavy atom. The van der Waals surface area contributed by atoms with E-state index in [1.54, 1.807) is 0 Å². The van der Waals surface area contributed by atoms with Gasteiger partial charge in [-0.1, -0.05) is 24.6 Å². The minimum absolute atomic E-state index is 0.704. The largest absolute Gasteiger partial charge is 0.251 e. The van der Waals surface area contributed by atoms with Gasteiger partial charge in [-0.3, -0.25) is 4.98 Å². The molecule has 0 saturated heterocycles. The monoisotopic (exact) mass is 283 g/mol. The van der Waals surface area contributed by atoms with Crippen LogP contribution in [0.2, 0.25) is 5.02 Å². The summed E-state index contributed by atoms with van der Waals surface area (Å²) in [5.74, 6) is 0. The highest BCUT2D eigenvalue weighted by Gasteiger charge is 2.08. The second-order valence-electron chi connectivity index (χ2n) is 3.53. The van der Waals surface area contributed by atoms with Gasteiger partial charge in [0.05, 0.1) is 16.2 Å². The number of benzene rings is 1. The second-order valence-corrected chi connectivity index (χ2v) is 4.70. The van der Waals surface area contributed by atoms with Crippen molar-refractivity contribution in [1.82, 2.24) is 4.98 Å². The fourth-order valence-electron chi connectivity index (χ4n) is 1.58. The van der Waals surface area contributed by atoms with Crippen molar-refractivity contribution in [2.75, 3.05) is 0 Å². The maximum absolute atomic E-state index is 6.14. The first-order valence-electron chi connectivity index (χ1n) is 4.87. The van der Waals surface area contributed by atoms with Gasteiger partial charge in [-0.2, -0.15) is 0 Å². The molecule has 0 amide bonds. The predicted molar refractivity (Wildman–Crippen MR) is 68.6 cm³/mol. The van der Waals surface area contributed by atoms with Crippen molar-refractivity contribution in [2.24, 2.45) is 0 Å². The lowest BCUT2D eigenvalue weighted by Crippen LogP contribution is -1.89. The van der Waals surface area contributed by atoms with Crippen LogP contribution in [0.1, 0.15) is 18.2 Å². The lowest BCUT2D eigenvalue weighted by molar-refractivity contribution is 1.14. The van der Waals surface area contributed by atoms with Crippen molar-refractivity contribution in [1.29, 1.82) is 0 Å². The van der Waals surface area contributed by atoms with Gasteiger partial charge in [-0.25, -0.2) is 0 Å². The smallest absolute Gasteiger partial charge is 0.0767 e. The van der Waals surface area contributed by atoms with Crippen LogP contribution >= 0.6 is 27.5 Å². The maximum Gasteiger partial charge on any atom is 0.0767 e. The Balaban J connectivity index is 2.81. The zero-order valence-corrected chi connectivity index (χ0v) is 11.0. The molecule has 0 saturated carbocycles. The van der Waals surface area contributed by atoms with E-state index in [2.05, 4.69) is 40.0 Å². The molecule has 0 aliphatic rings. The molecule has 1 heterocycles. The highest BCUT2D eigenvalue weighted by atomic mass is 79.9. The first-order chi connectivity index (χ1) is 7.13. The Morgan fingerprint density at radius 3 is 2.80 bits per heavy atom. The average Bonchev–Trinajstić information content (AvgIpc) is 2.26. The van der Waals surface area contributed by atoms with E-state index in [1.807, 2.05) is 13.0 Å². The van der Waals surface area contributed by atoms with E-state index in [4.69, 9.17) is 11.6 Å². The number of aryl methyl sites for hydroxylation is 2. The number of pyridine rings is 1. The van der Waals surface area contributed by atoms with Crippen molar-refractivity contribution >= 4 is 38.4 Å². The van der Waals surface area contributed by atoms with E-state index in [0.29, 0.717) is 5.02 Å². The van der Waals surface area contributed by atoms with Crippen molar-refractivity contribution in [3.8, 4) is 0 Å². The van der Waals surface area contributed by atoms with Gasteiger partial charge >= 0.3 is 0 Å². The number of nitrogens with zero attached hydrogens (tertiary/aromatic N) is 1. The first-order valence-corrected chi connectivity index (χ1v) is 6.04. The highest BCUT2D eigenvalue weighted by Crippen LogP contribution is 2.32. The fraction of sp³-hybridized carbons (Fsp3) is 0.250. The summed E-state index contributed by atoms with van der Waals surface area (Å²) < 4.78 is 0.946. The van der Waals surface area contributed by atoms with Gasteiger partial charge in [0.15, 0.2) is 0 Å². The van der Waals surface area contributed by atoms with Crippen LogP contribution in [0.5, 0.6) is 0 Å². The Kier molecular flexibility index (Phi) is 2.98. The van der Waals surface area contributed by atoms with Crippen LogP contribution < -0.4 is 0 Å². The molecule has 0 aliphatic carbocycles. The molecule has 0 unspecified atom stereocenters. The summed E-state index contributed by atoms with van der Waals surface area (Å²) in [4.78, 5) is 4.45. The normalized spacial score (nSPS) is 10.9. The number of hydrogen-bond donors (Lipinski definition) is 0. The summed E-state index contributed by atoms with van der Waals surface area (Å²) in [5, 5.41) is 1.79. The fourth-order valence-corrected chi connectivity index (χ4v) is 2.33. The van der Waals surface area contributed by atoms with Crippen LogP contribution in [-0.2, 0) is 6.42 Å². The van der Waals surface area contributed by atoms with Crippen LogP contribution in [0.4, 0.5) is 0 Å². The van der Waals surface area contributed by atoms with Gasteiger partial charge in [0.25, 0.3) is 0 Å². The molecule has 0 fully saturated rings. The van der Waals surface area contributed by atoms with E-state index in [9.17, 15) is 0 Å². The Labute approximate surface area is 103 Å². The molecule has 3 heteroatoms. The van der Waals surface area contributed by atoms with Crippen molar-refractivity contribution in [3.63, 3.8) is 0 Å². The zero-order valence-electron chi connectivity index (χ0n) is 8.64. The molecule has 15 heavy (non-hydrogen) atoms. The summed E-state index contributed by atoms with van der Waals surface area (Å²) in [6.45, 7) is 4.05. The minimum Gasteiger partial charge on any atom is -0.251 e. The number of halogens is 2.